The van der Waals surface area contributed by atoms with Gasteiger partial charge in [0.15, 0.2) is 6.79 Å². The molecule has 0 aliphatic heterocycles. The van der Waals surface area contributed by atoms with Crippen molar-refractivity contribution in [3.63, 3.8) is 0 Å². The van der Waals surface area contributed by atoms with Crippen molar-refractivity contribution in [2.24, 2.45) is 0 Å². The predicted molar refractivity (Wildman–Crippen MR) is 76.2 cm³/mol. The third-order valence-electron chi connectivity index (χ3n) is 3.03. The molecule has 2 rings (SSSR count). The maximum atomic E-state index is 12.0. The summed E-state index contributed by atoms with van der Waals surface area (Å²) in [5.41, 5.74) is 1.76. The van der Waals surface area contributed by atoms with E-state index in [4.69, 9.17) is 4.74 Å². The quantitative estimate of drug-likeness (QED) is 0.585. The molecule has 1 saturated carbocycles. The van der Waals surface area contributed by atoms with Crippen molar-refractivity contribution in [1.29, 1.82) is 0 Å². The van der Waals surface area contributed by atoms with E-state index in [0.29, 0.717) is 18.3 Å². The third kappa shape index (κ3) is 5.84. The highest BCUT2D eigenvalue weighted by Gasteiger charge is 2.27. The molecule has 0 unspecified atom stereocenters. The molecule has 1 aromatic rings. The van der Waals surface area contributed by atoms with E-state index < -0.39 is 19.6 Å². The first-order chi connectivity index (χ1) is 9.85. The molecule has 0 heterocycles. The zero-order valence-electron chi connectivity index (χ0n) is 11.6. The van der Waals surface area contributed by atoms with Gasteiger partial charge in [-0.2, -0.15) is 13.2 Å². The van der Waals surface area contributed by atoms with Crippen LogP contribution in [0.15, 0.2) is 16.6 Å². The molecule has 7 heteroatoms. The number of hydrogen-bond acceptors (Lipinski definition) is 3. The van der Waals surface area contributed by atoms with Crippen molar-refractivity contribution in [2.75, 3.05) is 13.4 Å². The Morgan fingerprint density at radius 1 is 1.33 bits per heavy atom. The van der Waals surface area contributed by atoms with Crippen molar-refractivity contribution in [2.45, 2.75) is 38.5 Å². The summed E-state index contributed by atoms with van der Waals surface area (Å²) in [5, 5.41) is 3.36. The normalized spacial score (nSPS) is 15.3. The maximum absolute atomic E-state index is 12.0. The van der Waals surface area contributed by atoms with Crippen LogP contribution in [0.5, 0.6) is 5.75 Å². The fourth-order valence-electron chi connectivity index (χ4n) is 1.94. The lowest BCUT2D eigenvalue weighted by Gasteiger charge is -2.16. The van der Waals surface area contributed by atoms with E-state index >= 15 is 0 Å². The van der Waals surface area contributed by atoms with Gasteiger partial charge < -0.3 is 14.8 Å². The Morgan fingerprint density at radius 2 is 2.05 bits per heavy atom. The highest BCUT2D eigenvalue weighted by Crippen LogP contribution is 2.29. The average Bonchev–Trinajstić information content (AvgIpc) is 3.16. The van der Waals surface area contributed by atoms with Crippen LogP contribution in [0.3, 0.4) is 0 Å². The van der Waals surface area contributed by atoms with Crippen molar-refractivity contribution >= 4 is 15.9 Å². The Labute approximate surface area is 129 Å². The van der Waals surface area contributed by atoms with Gasteiger partial charge in [-0.1, -0.05) is 15.9 Å². The molecule has 1 aliphatic carbocycles. The second-order valence-corrected chi connectivity index (χ2v) is 6.01. The van der Waals surface area contributed by atoms with E-state index in [2.05, 4.69) is 26.0 Å². The van der Waals surface area contributed by atoms with Crippen molar-refractivity contribution in [3.05, 3.63) is 27.7 Å². The molecule has 0 bridgehead atoms. The molecule has 118 valence electrons. The second kappa shape index (κ2) is 6.98. The number of ether oxygens (including phenoxy) is 2. The molecule has 1 fully saturated rings. The van der Waals surface area contributed by atoms with Crippen LogP contribution in [0.25, 0.3) is 0 Å². The zero-order valence-corrected chi connectivity index (χ0v) is 13.2. The van der Waals surface area contributed by atoms with Crippen LogP contribution in [0, 0.1) is 6.92 Å². The van der Waals surface area contributed by atoms with Gasteiger partial charge in [-0.3, -0.25) is 0 Å². The minimum absolute atomic E-state index is 0.418. The SMILES string of the molecule is Cc1cc(Br)cc(CNC2CC2)c1OCOCC(F)(F)F. The lowest BCUT2D eigenvalue weighted by molar-refractivity contribution is -0.186. The minimum Gasteiger partial charge on any atom is -0.467 e. The van der Waals surface area contributed by atoms with Gasteiger partial charge in [0.1, 0.15) is 12.4 Å². The van der Waals surface area contributed by atoms with Crippen LogP contribution in [0.1, 0.15) is 24.0 Å². The predicted octanol–water partition coefficient (Wildman–Crippen LogP) is 3.92. The lowest BCUT2D eigenvalue weighted by Crippen LogP contribution is -2.20. The van der Waals surface area contributed by atoms with Crippen LogP contribution < -0.4 is 10.1 Å². The molecule has 0 saturated heterocycles. The smallest absolute Gasteiger partial charge is 0.411 e. The van der Waals surface area contributed by atoms with E-state index in [1.54, 1.807) is 0 Å². The van der Waals surface area contributed by atoms with Gasteiger partial charge in [0, 0.05) is 22.6 Å². The first-order valence-corrected chi connectivity index (χ1v) is 7.44. The van der Waals surface area contributed by atoms with Crippen LogP contribution in [-0.4, -0.2) is 25.6 Å². The monoisotopic (exact) mass is 367 g/mol. The molecule has 0 aromatic heterocycles. The molecular formula is C14H17BrF3NO2. The first kappa shape index (κ1) is 16.6. The summed E-state index contributed by atoms with van der Waals surface area (Å²) in [6, 6.07) is 4.31. The molecule has 0 amide bonds. The minimum atomic E-state index is -4.34. The number of benzene rings is 1. The Balaban J connectivity index is 1.95. The van der Waals surface area contributed by atoms with Crippen molar-refractivity contribution < 1.29 is 22.6 Å². The van der Waals surface area contributed by atoms with Gasteiger partial charge in [-0.25, -0.2) is 0 Å². The van der Waals surface area contributed by atoms with Crippen LogP contribution in [-0.2, 0) is 11.3 Å². The molecule has 3 nitrogen and oxygen atoms in total. The molecule has 0 spiro atoms. The topological polar surface area (TPSA) is 30.5 Å². The van der Waals surface area contributed by atoms with Gasteiger partial charge in [0.05, 0.1) is 0 Å². The Hall–Kier alpha value is -0.790. The van der Waals surface area contributed by atoms with Gasteiger partial charge >= 0.3 is 6.18 Å². The number of hydrogen-bond donors (Lipinski definition) is 1. The Kier molecular flexibility index (Phi) is 5.51. The molecule has 1 aliphatic rings. The highest BCUT2D eigenvalue weighted by molar-refractivity contribution is 9.10. The van der Waals surface area contributed by atoms with Gasteiger partial charge in [0.2, 0.25) is 0 Å². The average molecular weight is 368 g/mol. The van der Waals surface area contributed by atoms with E-state index in [1.807, 2.05) is 19.1 Å². The van der Waals surface area contributed by atoms with Gasteiger partial charge in [-0.15, -0.1) is 0 Å². The highest BCUT2D eigenvalue weighted by atomic mass is 79.9. The molecular weight excluding hydrogens is 351 g/mol. The summed E-state index contributed by atoms with van der Waals surface area (Å²) < 4.78 is 46.8. The molecule has 1 aromatic carbocycles. The summed E-state index contributed by atoms with van der Waals surface area (Å²) >= 11 is 3.41. The van der Waals surface area contributed by atoms with Crippen molar-refractivity contribution in [1.82, 2.24) is 5.32 Å². The van der Waals surface area contributed by atoms with Gasteiger partial charge in [-0.05, 0) is 37.5 Å². The Morgan fingerprint density at radius 3 is 2.67 bits per heavy atom. The first-order valence-electron chi connectivity index (χ1n) is 6.65. The summed E-state index contributed by atoms with van der Waals surface area (Å²) in [5.74, 6) is 0.577. The molecule has 21 heavy (non-hydrogen) atoms. The number of nitrogens with one attached hydrogen (secondary N) is 1. The number of halogens is 4. The molecule has 1 N–H and O–H groups in total. The van der Waals surface area contributed by atoms with E-state index in [9.17, 15) is 13.2 Å². The summed E-state index contributed by atoms with van der Waals surface area (Å²) in [7, 11) is 0. The molecule has 0 atom stereocenters. The zero-order chi connectivity index (χ0) is 15.5. The van der Waals surface area contributed by atoms with E-state index in [0.717, 1.165) is 28.4 Å². The van der Waals surface area contributed by atoms with Crippen molar-refractivity contribution in [3.8, 4) is 5.75 Å². The fourth-order valence-corrected chi connectivity index (χ4v) is 2.56. The van der Waals surface area contributed by atoms with Crippen LogP contribution in [0.2, 0.25) is 0 Å². The molecule has 0 radical (unpaired) electrons. The lowest BCUT2D eigenvalue weighted by atomic mass is 10.1. The third-order valence-corrected chi connectivity index (χ3v) is 3.49. The van der Waals surface area contributed by atoms with Crippen LogP contribution >= 0.6 is 15.9 Å². The largest absolute Gasteiger partial charge is 0.467 e. The number of aryl methyl sites for hydroxylation is 1. The summed E-state index contributed by atoms with van der Waals surface area (Å²) in [6.45, 7) is 0.751. The maximum Gasteiger partial charge on any atom is 0.411 e. The van der Waals surface area contributed by atoms with Crippen LogP contribution in [0.4, 0.5) is 13.2 Å². The van der Waals surface area contributed by atoms with E-state index in [-0.39, 0.29) is 0 Å². The van der Waals surface area contributed by atoms with E-state index in [1.165, 1.54) is 0 Å². The number of rotatable bonds is 7. The second-order valence-electron chi connectivity index (χ2n) is 5.09. The Bertz CT molecular complexity index is 490. The fraction of sp³-hybridized carbons (Fsp3) is 0.571. The summed E-state index contributed by atoms with van der Waals surface area (Å²) in [4.78, 5) is 0. The standard InChI is InChI=1S/C14H17BrF3NO2/c1-9-4-11(15)5-10(6-19-12-2-3-12)13(9)21-8-20-7-14(16,17)18/h4-5,12,19H,2-3,6-8H2,1H3. The summed E-state index contributed by atoms with van der Waals surface area (Å²) in [6.07, 6.45) is -2.01. The number of alkyl halides is 3. The van der Waals surface area contributed by atoms with Gasteiger partial charge in [0.25, 0.3) is 0 Å².